The Hall–Kier alpha value is -2.18. The van der Waals surface area contributed by atoms with Crippen LogP contribution in [0.3, 0.4) is 0 Å². The maximum Gasteiger partial charge on any atom is 0.264 e. The van der Waals surface area contributed by atoms with Crippen LogP contribution in [0.4, 0.5) is 9.52 Å². The second-order valence-corrected chi connectivity index (χ2v) is 6.75. The zero-order valence-corrected chi connectivity index (χ0v) is 14.6. The molecule has 0 aliphatic heterocycles. The van der Waals surface area contributed by atoms with Gasteiger partial charge in [-0.25, -0.2) is 9.37 Å². The van der Waals surface area contributed by atoms with Gasteiger partial charge in [0.05, 0.1) is 10.2 Å². The van der Waals surface area contributed by atoms with Crippen molar-refractivity contribution in [1.29, 1.82) is 0 Å². The van der Waals surface area contributed by atoms with Crippen LogP contribution in [0, 0.1) is 19.7 Å². The number of fused-ring (bicyclic) bond motifs is 1. The number of nitrogens with zero attached hydrogens (tertiary/aromatic N) is 1. The Labute approximate surface area is 147 Å². The molecule has 24 heavy (non-hydrogen) atoms. The van der Waals surface area contributed by atoms with Gasteiger partial charge in [0.2, 0.25) is 0 Å². The molecule has 3 aromatic rings. The van der Waals surface area contributed by atoms with E-state index in [2.05, 4.69) is 10.3 Å². The Morgan fingerprint density at radius 1 is 1.29 bits per heavy atom. The molecule has 2 aromatic carbocycles. The maximum absolute atomic E-state index is 13.2. The van der Waals surface area contributed by atoms with Crippen LogP contribution >= 0.6 is 22.9 Å². The topological polar surface area (TPSA) is 51.2 Å². The van der Waals surface area contributed by atoms with Crippen molar-refractivity contribution in [1.82, 2.24) is 4.98 Å². The molecule has 0 spiro atoms. The Bertz CT molecular complexity index is 903. The van der Waals surface area contributed by atoms with Gasteiger partial charge in [-0.05, 0) is 55.3 Å². The van der Waals surface area contributed by atoms with E-state index in [-0.39, 0.29) is 18.3 Å². The van der Waals surface area contributed by atoms with Gasteiger partial charge < -0.3 is 4.74 Å². The zero-order chi connectivity index (χ0) is 17.3. The molecule has 3 rings (SSSR count). The lowest BCUT2D eigenvalue weighted by Gasteiger charge is -2.09. The Balaban J connectivity index is 1.64. The first-order chi connectivity index (χ1) is 11.4. The van der Waals surface area contributed by atoms with E-state index >= 15 is 0 Å². The summed E-state index contributed by atoms with van der Waals surface area (Å²) in [7, 11) is 0. The number of nitrogens with one attached hydrogen (secondary N) is 1. The number of ether oxygens (including phenoxy) is 1. The van der Waals surface area contributed by atoms with Gasteiger partial charge in [-0.3, -0.25) is 10.1 Å². The van der Waals surface area contributed by atoms with Crippen LogP contribution in [-0.4, -0.2) is 17.5 Å². The van der Waals surface area contributed by atoms with Crippen LogP contribution < -0.4 is 10.1 Å². The molecule has 1 aromatic heterocycles. The number of carbonyl (C=O) groups is 1. The van der Waals surface area contributed by atoms with E-state index in [4.69, 9.17) is 16.3 Å². The van der Waals surface area contributed by atoms with Crippen LogP contribution in [-0.2, 0) is 4.79 Å². The van der Waals surface area contributed by atoms with Gasteiger partial charge in [-0.2, -0.15) is 0 Å². The third-order valence-corrected chi connectivity index (χ3v) is 4.91. The van der Waals surface area contributed by atoms with Crippen molar-refractivity contribution in [2.75, 3.05) is 11.9 Å². The highest BCUT2D eigenvalue weighted by Crippen LogP contribution is 2.27. The number of hydrogen-bond acceptors (Lipinski definition) is 4. The average molecular weight is 365 g/mol. The fourth-order valence-electron chi connectivity index (χ4n) is 2.25. The molecule has 0 radical (unpaired) electrons. The third-order valence-electron chi connectivity index (χ3n) is 3.38. The van der Waals surface area contributed by atoms with Gasteiger partial charge in [0.25, 0.3) is 5.91 Å². The quantitative estimate of drug-likeness (QED) is 0.728. The summed E-state index contributed by atoms with van der Waals surface area (Å²) in [4.78, 5) is 16.2. The standard InChI is InChI=1S/C17H14ClFN2O2S/c1-9-5-12(6-10(2)16(9)18)23-8-15(22)21-17-20-13-4-3-11(19)7-14(13)24-17/h3-7H,8H2,1-2H3,(H,20,21,22). The number of anilines is 1. The molecule has 0 fully saturated rings. The summed E-state index contributed by atoms with van der Waals surface area (Å²) in [5.74, 6) is -0.0865. The molecule has 4 nitrogen and oxygen atoms in total. The summed E-state index contributed by atoms with van der Waals surface area (Å²) in [5, 5.41) is 3.75. The molecule has 0 aliphatic rings. The number of benzene rings is 2. The molecule has 0 aliphatic carbocycles. The monoisotopic (exact) mass is 364 g/mol. The van der Waals surface area contributed by atoms with Gasteiger partial charge in [0.1, 0.15) is 11.6 Å². The summed E-state index contributed by atoms with van der Waals surface area (Å²) in [6, 6.07) is 7.86. The van der Waals surface area contributed by atoms with Gasteiger partial charge in [-0.15, -0.1) is 0 Å². The number of thiazole rings is 1. The number of amides is 1. The third kappa shape index (κ3) is 3.66. The highest BCUT2D eigenvalue weighted by molar-refractivity contribution is 7.22. The Morgan fingerprint density at radius 3 is 2.71 bits per heavy atom. The molecule has 0 saturated heterocycles. The van der Waals surface area contributed by atoms with Crippen LogP contribution in [0.2, 0.25) is 5.02 Å². The number of aryl methyl sites for hydroxylation is 2. The minimum absolute atomic E-state index is 0.148. The molecule has 0 bridgehead atoms. The predicted molar refractivity (Wildman–Crippen MR) is 94.6 cm³/mol. The summed E-state index contributed by atoms with van der Waals surface area (Å²) in [6.45, 7) is 3.61. The second-order valence-electron chi connectivity index (χ2n) is 5.34. The molecule has 7 heteroatoms. The molecule has 0 unspecified atom stereocenters. The second kappa shape index (κ2) is 6.75. The van der Waals surface area contributed by atoms with Gasteiger partial charge >= 0.3 is 0 Å². The largest absolute Gasteiger partial charge is 0.484 e. The normalized spacial score (nSPS) is 10.8. The predicted octanol–water partition coefficient (Wildman–Crippen LogP) is 4.72. The lowest BCUT2D eigenvalue weighted by atomic mass is 10.1. The summed E-state index contributed by atoms with van der Waals surface area (Å²) in [6.07, 6.45) is 0. The van der Waals surface area contributed by atoms with Gasteiger partial charge in [0, 0.05) is 5.02 Å². The van der Waals surface area contributed by atoms with Crippen molar-refractivity contribution < 1.29 is 13.9 Å². The van der Waals surface area contributed by atoms with Crippen molar-refractivity contribution in [3.63, 3.8) is 0 Å². The SMILES string of the molecule is Cc1cc(OCC(=O)Nc2nc3ccc(F)cc3s2)cc(C)c1Cl. The lowest BCUT2D eigenvalue weighted by molar-refractivity contribution is -0.118. The fraction of sp³-hybridized carbons (Fsp3) is 0.176. The number of hydrogen-bond donors (Lipinski definition) is 1. The summed E-state index contributed by atoms with van der Waals surface area (Å²) in [5.41, 5.74) is 2.42. The molecule has 1 amide bonds. The van der Waals surface area contributed by atoms with Crippen molar-refractivity contribution in [2.45, 2.75) is 13.8 Å². The maximum atomic E-state index is 13.2. The lowest BCUT2D eigenvalue weighted by Crippen LogP contribution is -2.20. The first-order valence-corrected chi connectivity index (χ1v) is 8.37. The van der Waals surface area contributed by atoms with Crippen LogP contribution in [0.25, 0.3) is 10.2 Å². The van der Waals surface area contributed by atoms with E-state index in [0.29, 0.717) is 26.1 Å². The van der Waals surface area contributed by atoms with Gasteiger partial charge in [0.15, 0.2) is 11.7 Å². The zero-order valence-electron chi connectivity index (χ0n) is 13.0. The van der Waals surface area contributed by atoms with Crippen molar-refractivity contribution >= 4 is 44.2 Å². The van der Waals surface area contributed by atoms with Crippen LogP contribution in [0.15, 0.2) is 30.3 Å². The van der Waals surface area contributed by atoms with Crippen LogP contribution in [0.1, 0.15) is 11.1 Å². The first-order valence-electron chi connectivity index (χ1n) is 7.18. The Kier molecular flexibility index (Phi) is 4.69. The van der Waals surface area contributed by atoms with E-state index in [1.807, 2.05) is 13.8 Å². The van der Waals surface area contributed by atoms with Gasteiger partial charge in [-0.1, -0.05) is 22.9 Å². The van der Waals surface area contributed by atoms with Crippen molar-refractivity contribution in [3.8, 4) is 5.75 Å². The van der Waals surface area contributed by atoms with E-state index in [1.54, 1.807) is 18.2 Å². The molecular weight excluding hydrogens is 351 g/mol. The minimum atomic E-state index is -0.334. The summed E-state index contributed by atoms with van der Waals surface area (Å²) < 4.78 is 19.3. The van der Waals surface area contributed by atoms with E-state index in [1.165, 1.54) is 23.5 Å². The molecular formula is C17H14ClFN2O2S. The number of halogens is 2. The average Bonchev–Trinajstić information content (AvgIpc) is 2.91. The number of carbonyl (C=O) groups excluding carboxylic acids is 1. The van der Waals surface area contributed by atoms with Crippen molar-refractivity contribution in [3.05, 3.63) is 52.3 Å². The number of aromatic nitrogens is 1. The highest BCUT2D eigenvalue weighted by Gasteiger charge is 2.10. The van der Waals surface area contributed by atoms with Crippen LogP contribution in [0.5, 0.6) is 5.75 Å². The highest BCUT2D eigenvalue weighted by atomic mass is 35.5. The van der Waals surface area contributed by atoms with Crippen molar-refractivity contribution in [2.24, 2.45) is 0 Å². The van der Waals surface area contributed by atoms with E-state index in [0.717, 1.165) is 11.1 Å². The molecule has 1 N–H and O–H groups in total. The number of rotatable bonds is 4. The molecule has 0 atom stereocenters. The fourth-order valence-corrected chi connectivity index (χ4v) is 3.26. The Morgan fingerprint density at radius 2 is 2.00 bits per heavy atom. The minimum Gasteiger partial charge on any atom is -0.484 e. The first kappa shape index (κ1) is 16.7. The molecule has 1 heterocycles. The smallest absolute Gasteiger partial charge is 0.264 e. The molecule has 124 valence electrons. The summed E-state index contributed by atoms with van der Waals surface area (Å²) >= 11 is 7.31. The molecule has 0 saturated carbocycles. The van der Waals surface area contributed by atoms with E-state index in [9.17, 15) is 9.18 Å². The van der Waals surface area contributed by atoms with E-state index < -0.39 is 0 Å².